The van der Waals surface area contributed by atoms with Gasteiger partial charge in [0.2, 0.25) is 11.8 Å². The lowest BCUT2D eigenvalue weighted by Crippen LogP contribution is -2.45. The van der Waals surface area contributed by atoms with Crippen molar-refractivity contribution in [2.24, 2.45) is 11.8 Å². The van der Waals surface area contributed by atoms with Crippen LogP contribution >= 0.6 is 0 Å². The van der Waals surface area contributed by atoms with E-state index in [1.807, 2.05) is 19.2 Å². The summed E-state index contributed by atoms with van der Waals surface area (Å²) >= 11 is 0. The first-order valence-corrected chi connectivity index (χ1v) is 7.41. The molecule has 2 fully saturated rings. The highest BCUT2D eigenvalue weighted by Gasteiger charge is 2.49. The summed E-state index contributed by atoms with van der Waals surface area (Å²) in [5, 5.41) is 3.29. The maximum absolute atomic E-state index is 12.5. The zero-order chi connectivity index (χ0) is 13.4. The van der Waals surface area contributed by atoms with Gasteiger partial charge in [0, 0.05) is 12.1 Å². The predicted molar refractivity (Wildman–Crippen MR) is 72.3 cm³/mol. The van der Waals surface area contributed by atoms with Crippen LogP contribution in [0.5, 0.6) is 0 Å². The van der Waals surface area contributed by atoms with Crippen molar-refractivity contribution in [1.82, 2.24) is 10.2 Å². The monoisotopic (exact) mass is 262 g/mol. The number of carbonyl (C=O) groups excluding carboxylic acids is 2. The molecule has 4 nitrogen and oxygen atoms in total. The van der Waals surface area contributed by atoms with E-state index in [0.29, 0.717) is 6.04 Å². The van der Waals surface area contributed by atoms with Crippen LogP contribution in [0, 0.1) is 11.8 Å². The van der Waals surface area contributed by atoms with Gasteiger partial charge in [-0.3, -0.25) is 14.5 Å². The molecular weight excluding hydrogens is 240 g/mol. The molecule has 0 aromatic carbocycles. The number of fused-ring (bicyclic) bond motifs is 1. The van der Waals surface area contributed by atoms with Crippen LogP contribution in [0.15, 0.2) is 12.2 Å². The average molecular weight is 262 g/mol. The number of amides is 2. The van der Waals surface area contributed by atoms with E-state index in [4.69, 9.17) is 0 Å². The minimum Gasteiger partial charge on any atom is -0.317 e. The maximum atomic E-state index is 12.5. The fourth-order valence-electron chi connectivity index (χ4n) is 3.81. The Labute approximate surface area is 114 Å². The van der Waals surface area contributed by atoms with Crippen LogP contribution in [0.3, 0.4) is 0 Å². The lowest BCUT2D eigenvalue weighted by atomic mass is 9.85. The van der Waals surface area contributed by atoms with Gasteiger partial charge in [0.15, 0.2) is 0 Å². The first-order chi connectivity index (χ1) is 9.22. The van der Waals surface area contributed by atoms with E-state index in [1.54, 1.807) is 4.90 Å². The first-order valence-electron chi connectivity index (χ1n) is 7.41. The van der Waals surface area contributed by atoms with Gasteiger partial charge >= 0.3 is 0 Å². The molecule has 0 spiro atoms. The van der Waals surface area contributed by atoms with Crippen molar-refractivity contribution in [2.75, 3.05) is 7.05 Å². The van der Waals surface area contributed by atoms with E-state index in [9.17, 15) is 9.59 Å². The van der Waals surface area contributed by atoms with Gasteiger partial charge in [0.25, 0.3) is 0 Å². The molecule has 0 unspecified atom stereocenters. The fraction of sp³-hybridized carbons (Fsp3) is 0.733. The summed E-state index contributed by atoms with van der Waals surface area (Å²) < 4.78 is 0. The van der Waals surface area contributed by atoms with Crippen molar-refractivity contribution in [3.63, 3.8) is 0 Å². The lowest BCUT2D eigenvalue weighted by molar-refractivity contribution is -0.143. The Morgan fingerprint density at radius 1 is 1.00 bits per heavy atom. The highest BCUT2D eigenvalue weighted by atomic mass is 16.2. The highest BCUT2D eigenvalue weighted by Crippen LogP contribution is 2.38. The third kappa shape index (κ3) is 2.12. The number of allylic oxidation sites excluding steroid dienone is 2. The lowest BCUT2D eigenvalue weighted by Gasteiger charge is -2.33. The van der Waals surface area contributed by atoms with Crippen LogP contribution in [-0.2, 0) is 9.59 Å². The highest BCUT2D eigenvalue weighted by molar-refractivity contribution is 6.05. The van der Waals surface area contributed by atoms with Crippen LogP contribution in [0.1, 0.15) is 38.5 Å². The SMILES string of the molecule is CNC1CCC(N2C(=O)[C@H]3CC=CC[C@H]3C2=O)CC1. The van der Waals surface area contributed by atoms with E-state index in [2.05, 4.69) is 5.32 Å². The number of nitrogens with one attached hydrogen (secondary N) is 1. The fourth-order valence-corrected chi connectivity index (χ4v) is 3.81. The van der Waals surface area contributed by atoms with E-state index < -0.39 is 0 Å². The largest absolute Gasteiger partial charge is 0.317 e. The third-order valence-corrected chi connectivity index (χ3v) is 5.01. The Balaban J connectivity index is 1.72. The molecule has 1 N–H and O–H groups in total. The number of imide groups is 1. The molecule has 0 radical (unpaired) electrons. The molecule has 3 rings (SSSR count). The number of hydrogen-bond donors (Lipinski definition) is 1. The van der Waals surface area contributed by atoms with Gasteiger partial charge in [-0.25, -0.2) is 0 Å². The molecule has 3 aliphatic rings. The van der Waals surface area contributed by atoms with Crippen molar-refractivity contribution < 1.29 is 9.59 Å². The molecule has 1 aliphatic heterocycles. The summed E-state index contributed by atoms with van der Waals surface area (Å²) in [4.78, 5) is 26.5. The van der Waals surface area contributed by atoms with Gasteiger partial charge in [-0.2, -0.15) is 0 Å². The van der Waals surface area contributed by atoms with Crippen LogP contribution in [0.4, 0.5) is 0 Å². The van der Waals surface area contributed by atoms with Crippen molar-refractivity contribution in [3.05, 3.63) is 12.2 Å². The van der Waals surface area contributed by atoms with Crippen LogP contribution in [-0.4, -0.2) is 35.8 Å². The number of carbonyl (C=O) groups is 2. The Hall–Kier alpha value is -1.16. The van der Waals surface area contributed by atoms with Crippen LogP contribution < -0.4 is 5.32 Å². The molecule has 2 amide bonds. The first kappa shape index (κ1) is 12.9. The number of nitrogens with zero attached hydrogens (tertiary/aromatic N) is 1. The molecule has 0 aromatic rings. The van der Waals surface area contributed by atoms with Crippen molar-refractivity contribution >= 4 is 11.8 Å². The number of likely N-dealkylation sites (tertiary alicyclic amines) is 1. The van der Waals surface area contributed by atoms with Gasteiger partial charge in [0.05, 0.1) is 11.8 Å². The minimum atomic E-state index is -0.0699. The molecule has 1 saturated heterocycles. The number of rotatable bonds is 2. The summed E-state index contributed by atoms with van der Waals surface area (Å²) in [7, 11) is 1.98. The molecule has 0 bridgehead atoms. The summed E-state index contributed by atoms with van der Waals surface area (Å²) in [5.41, 5.74) is 0. The van der Waals surface area contributed by atoms with E-state index in [0.717, 1.165) is 38.5 Å². The third-order valence-electron chi connectivity index (χ3n) is 5.01. The van der Waals surface area contributed by atoms with Gasteiger partial charge in [-0.1, -0.05) is 12.2 Å². The zero-order valence-electron chi connectivity index (χ0n) is 11.5. The second kappa shape index (κ2) is 5.08. The van der Waals surface area contributed by atoms with Crippen LogP contribution in [0.25, 0.3) is 0 Å². The quantitative estimate of drug-likeness (QED) is 0.605. The molecule has 0 aromatic heterocycles. The average Bonchev–Trinajstić information content (AvgIpc) is 2.72. The maximum Gasteiger partial charge on any atom is 0.233 e. The van der Waals surface area contributed by atoms with Gasteiger partial charge < -0.3 is 5.32 Å². The van der Waals surface area contributed by atoms with Crippen molar-refractivity contribution in [2.45, 2.75) is 50.6 Å². The summed E-state index contributed by atoms with van der Waals surface area (Å²) in [6.45, 7) is 0. The minimum absolute atomic E-state index is 0.0699. The van der Waals surface area contributed by atoms with E-state index in [-0.39, 0.29) is 29.7 Å². The zero-order valence-corrected chi connectivity index (χ0v) is 11.5. The molecule has 1 saturated carbocycles. The van der Waals surface area contributed by atoms with Gasteiger partial charge in [0.1, 0.15) is 0 Å². The Morgan fingerprint density at radius 2 is 1.53 bits per heavy atom. The Morgan fingerprint density at radius 3 is 2.00 bits per heavy atom. The second-order valence-corrected chi connectivity index (χ2v) is 6.00. The molecule has 19 heavy (non-hydrogen) atoms. The van der Waals surface area contributed by atoms with Crippen LogP contribution in [0.2, 0.25) is 0 Å². The van der Waals surface area contributed by atoms with Crippen molar-refractivity contribution in [3.8, 4) is 0 Å². The molecule has 104 valence electrons. The summed E-state index contributed by atoms with van der Waals surface area (Å²) in [6.07, 6.45) is 9.63. The van der Waals surface area contributed by atoms with E-state index >= 15 is 0 Å². The molecule has 2 aliphatic carbocycles. The topological polar surface area (TPSA) is 49.4 Å². The summed E-state index contributed by atoms with van der Waals surface area (Å²) in [5.74, 6) is 0.0403. The molecule has 2 atom stereocenters. The standard InChI is InChI=1S/C15H22N2O2/c1-16-10-6-8-11(9-7-10)17-14(18)12-4-2-3-5-13(12)15(17)19/h2-3,10-13,16H,4-9H2,1H3/t10?,11?,12-,13+. The Bertz CT molecular complexity index is 384. The Kier molecular flexibility index (Phi) is 3.44. The normalized spacial score (nSPS) is 38.7. The second-order valence-electron chi connectivity index (χ2n) is 6.00. The molecule has 1 heterocycles. The van der Waals surface area contributed by atoms with Gasteiger partial charge in [-0.15, -0.1) is 0 Å². The van der Waals surface area contributed by atoms with Gasteiger partial charge in [-0.05, 0) is 45.6 Å². The molecular formula is C15H22N2O2. The van der Waals surface area contributed by atoms with Crippen molar-refractivity contribution in [1.29, 1.82) is 0 Å². The summed E-state index contributed by atoms with van der Waals surface area (Å²) in [6, 6.07) is 0.697. The predicted octanol–water partition coefficient (Wildman–Crippen LogP) is 1.47. The van der Waals surface area contributed by atoms with E-state index in [1.165, 1.54) is 0 Å². The smallest absolute Gasteiger partial charge is 0.233 e. The molecule has 4 heteroatoms. The number of hydrogen-bond acceptors (Lipinski definition) is 3.